The van der Waals surface area contributed by atoms with E-state index in [1.807, 2.05) is 0 Å². The molecule has 0 spiro atoms. The van der Waals surface area contributed by atoms with E-state index in [1.165, 1.54) is 19.1 Å². The summed E-state index contributed by atoms with van der Waals surface area (Å²) >= 11 is 4.10. The van der Waals surface area contributed by atoms with Gasteiger partial charge in [-0.2, -0.15) is 0 Å². The number of carbonyl (C=O) groups excluding carboxylic acids is 2. The second-order valence-electron chi connectivity index (χ2n) is 8.92. The van der Waals surface area contributed by atoms with Gasteiger partial charge in [-0.1, -0.05) is 34.6 Å². The van der Waals surface area contributed by atoms with E-state index in [1.54, 1.807) is 13.8 Å². The first kappa shape index (κ1) is 28.8. The SMILES string of the molecule is C[C@@H](CSC(=O)c1cc([N+](=O)[O-])cc([N+](=O)[O-])c1)C(=O)O[C@H]1c2cc([N+](=O)[O-])c(N)cc2OC(C)(C)[C@@H]1Br. The Morgan fingerprint density at radius 3 is 2.18 bits per heavy atom. The molecule has 38 heavy (non-hydrogen) atoms. The maximum absolute atomic E-state index is 13.0. The molecule has 1 aliphatic heterocycles. The lowest BCUT2D eigenvalue weighted by molar-refractivity contribution is -0.394. The van der Waals surface area contributed by atoms with Crippen LogP contribution >= 0.6 is 27.7 Å². The van der Waals surface area contributed by atoms with Crippen molar-refractivity contribution in [2.45, 2.75) is 37.3 Å². The number of ether oxygens (including phenoxy) is 2. The lowest BCUT2D eigenvalue weighted by Gasteiger charge is -2.41. The summed E-state index contributed by atoms with van der Waals surface area (Å²) in [5.41, 5.74) is 3.13. The minimum Gasteiger partial charge on any atom is -0.486 e. The number of nitrogens with zero attached hydrogens (tertiary/aromatic N) is 3. The van der Waals surface area contributed by atoms with Crippen molar-refractivity contribution >= 4 is 61.5 Å². The molecule has 1 aliphatic rings. The largest absolute Gasteiger partial charge is 0.486 e. The minimum absolute atomic E-state index is 0.109. The number of hydrogen-bond acceptors (Lipinski definition) is 12. The molecule has 2 aromatic rings. The van der Waals surface area contributed by atoms with Crippen molar-refractivity contribution in [1.82, 2.24) is 0 Å². The summed E-state index contributed by atoms with van der Waals surface area (Å²) in [5.74, 6) is -1.48. The highest BCUT2D eigenvalue weighted by Gasteiger charge is 2.46. The zero-order chi connectivity index (χ0) is 28.5. The van der Waals surface area contributed by atoms with Gasteiger partial charge < -0.3 is 15.2 Å². The Morgan fingerprint density at radius 2 is 1.66 bits per heavy atom. The van der Waals surface area contributed by atoms with Crippen LogP contribution in [0.4, 0.5) is 22.7 Å². The molecule has 2 N–H and O–H groups in total. The maximum Gasteiger partial charge on any atom is 0.310 e. The number of nitro groups is 3. The van der Waals surface area contributed by atoms with E-state index in [4.69, 9.17) is 15.2 Å². The first-order chi connectivity index (χ1) is 17.6. The number of benzene rings is 2. The molecule has 16 heteroatoms. The molecule has 0 bridgehead atoms. The van der Waals surface area contributed by atoms with Gasteiger partial charge in [0.2, 0.25) is 5.12 Å². The molecule has 3 rings (SSSR count). The number of alkyl halides is 1. The number of hydrogen-bond donors (Lipinski definition) is 1. The number of anilines is 1. The monoisotopic (exact) mass is 612 g/mol. The molecule has 0 aromatic heterocycles. The van der Waals surface area contributed by atoms with E-state index in [2.05, 4.69) is 15.9 Å². The van der Waals surface area contributed by atoms with E-state index in [0.717, 1.165) is 18.2 Å². The Labute approximate surface area is 227 Å². The van der Waals surface area contributed by atoms with E-state index < -0.39 is 59.7 Å². The molecule has 0 aliphatic carbocycles. The van der Waals surface area contributed by atoms with Crippen LogP contribution < -0.4 is 10.5 Å². The molecular formula is C22H21BrN4O10S. The molecule has 14 nitrogen and oxygen atoms in total. The van der Waals surface area contributed by atoms with Crippen molar-refractivity contribution in [2.75, 3.05) is 11.5 Å². The Hall–Kier alpha value is -3.79. The number of non-ortho nitro benzene ring substituents is 2. The summed E-state index contributed by atoms with van der Waals surface area (Å²) in [7, 11) is 0. The molecule has 0 fully saturated rings. The summed E-state index contributed by atoms with van der Waals surface area (Å²) < 4.78 is 11.6. The van der Waals surface area contributed by atoms with Gasteiger partial charge in [0.05, 0.1) is 31.6 Å². The van der Waals surface area contributed by atoms with Gasteiger partial charge in [0, 0.05) is 41.1 Å². The maximum atomic E-state index is 13.0. The number of nitro benzene ring substituents is 3. The summed E-state index contributed by atoms with van der Waals surface area (Å²) in [6.07, 6.45) is -0.997. The number of halogens is 1. The molecule has 0 amide bonds. The Morgan fingerprint density at radius 1 is 1.08 bits per heavy atom. The molecule has 0 saturated carbocycles. The zero-order valence-corrected chi connectivity index (χ0v) is 22.5. The fourth-order valence-electron chi connectivity index (χ4n) is 3.57. The molecule has 0 unspecified atom stereocenters. The highest BCUT2D eigenvalue weighted by Crippen LogP contribution is 2.48. The predicted molar refractivity (Wildman–Crippen MR) is 139 cm³/mol. The topological polar surface area (TPSA) is 208 Å². The number of thioether (sulfide) groups is 1. The molecule has 2 aromatic carbocycles. The zero-order valence-electron chi connectivity index (χ0n) is 20.1. The number of nitrogens with two attached hydrogens (primary N) is 1. The molecule has 3 atom stereocenters. The van der Waals surface area contributed by atoms with E-state index >= 15 is 0 Å². The van der Waals surface area contributed by atoms with Gasteiger partial charge >= 0.3 is 5.97 Å². The van der Waals surface area contributed by atoms with Gasteiger partial charge in [-0.3, -0.25) is 39.9 Å². The van der Waals surface area contributed by atoms with Gasteiger partial charge in [0.25, 0.3) is 17.1 Å². The lowest BCUT2D eigenvalue weighted by Crippen LogP contribution is -2.47. The predicted octanol–water partition coefficient (Wildman–Crippen LogP) is 4.72. The number of carbonyl (C=O) groups is 2. The Kier molecular flexibility index (Phi) is 8.26. The van der Waals surface area contributed by atoms with Crippen molar-refractivity contribution in [1.29, 1.82) is 0 Å². The average molecular weight is 613 g/mol. The van der Waals surface area contributed by atoms with Gasteiger partial charge in [-0.25, -0.2) is 0 Å². The quantitative estimate of drug-likeness (QED) is 0.141. The molecular weight excluding hydrogens is 592 g/mol. The lowest BCUT2D eigenvalue weighted by atomic mass is 9.90. The number of rotatable bonds is 8. The molecule has 0 radical (unpaired) electrons. The number of nitrogen functional groups attached to an aromatic ring is 1. The van der Waals surface area contributed by atoms with Gasteiger partial charge in [-0.15, -0.1) is 0 Å². The van der Waals surface area contributed by atoms with Crippen LogP contribution in [0.2, 0.25) is 0 Å². The van der Waals surface area contributed by atoms with Crippen LogP contribution in [0.15, 0.2) is 30.3 Å². The third-order valence-electron chi connectivity index (χ3n) is 5.64. The fraction of sp³-hybridized carbons (Fsp3) is 0.364. The summed E-state index contributed by atoms with van der Waals surface area (Å²) in [4.78, 5) is 56.1. The summed E-state index contributed by atoms with van der Waals surface area (Å²) in [5, 5.41) is 32.8. The Bertz CT molecular complexity index is 1320. The van der Waals surface area contributed by atoms with Crippen molar-refractivity contribution in [3.05, 3.63) is 71.8 Å². The van der Waals surface area contributed by atoms with E-state index in [9.17, 15) is 39.9 Å². The van der Waals surface area contributed by atoms with Crippen LogP contribution in [-0.2, 0) is 9.53 Å². The Balaban J connectivity index is 1.78. The third kappa shape index (κ3) is 6.02. The highest BCUT2D eigenvalue weighted by molar-refractivity contribution is 9.09. The molecule has 1 heterocycles. The van der Waals surface area contributed by atoms with Crippen LogP contribution in [0.1, 0.15) is 42.8 Å². The van der Waals surface area contributed by atoms with E-state index in [0.29, 0.717) is 11.8 Å². The first-order valence-electron chi connectivity index (χ1n) is 10.8. The number of esters is 1. The smallest absolute Gasteiger partial charge is 0.310 e. The van der Waals surface area contributed by atoms with Gasteiger partial charge in [0.1, 0.15) is 23.1 Å². The number of fused-ring (bicyclic) bond motifs is 1. The van der Waals surface area contributed by atoms with Crippen LogP contribution in [0.5, 0.6) is 5.75 Å². The van der Waals surface area contributed by atoms with Crippen LogP contribution in [0.3, 0.4) is 0 Å². The van der Waals surface area contributed by atoms with Gasteiger partial charge in [0.15, 0.2) is 0 Å². The van der Waals surface area contributed by atoms with Crippen LogP contribution in [0, 0.1) is 36.3 Å². The normalized spacial score (nSPS) is 18.4. The van der Waals surface area contributed by atoms with Crippen molar-refractivity contribution in [3.8, 4) is 5.75 Å². The molecule has 202 valence electrons. The van der Waals surface area contributed by atoms with Crippen molar-refractivity contribution < 1.29 is 33.8 Å². The van der Waals surface area contributed by atoms with Crippen molar-refractivity contribution in [3.63, 3.8) is 0 Å². The first-order valence-corrected chi connectivity index (χ1v) is 12.7. The summed E-state index contributed by atoms with van der Waals surface area (Å²) in [6, 6.07) is 5.06. The minimum atomic E-state index is -0.997. The second kappa shape index (κ2) is 10.9. The van der Waals surface area contributed by atoms with Gasteiger partial charge in [-0.05, 0) is 13.8 Å². The molecule has 0 saturated heterocycles. The third-order valence-corrected chi connectivity index (χ3v) is 8.38. The van der Waals surface area contributed by atoms with Crippen molar-refractivity contribution in [2.24, 2.45) is 5.92 Å². The van der Waals surface area contributed by atoms with E-state index in [-0.39, 0.29) is 34.0 Å². The van der Waals surface area contributed by atoms with Crippen LogP contribution in [0.25, 0.3) is 0 Å². The highest BCUT2D eigenvalue weighted by atomic mass is 79.9. The second-order valence-corrected chi connectivity index (χ2v) is 10.9. The standard InChI is InChI=1S/C22H21BrN4O10S/c1-10(9-38-21(29)11-4-12(25(30)31)6-13(5-11)26(32)33)20(28)36-18-14-7-16(27(34)35)15(24)8-17(14)37-22(2,3)19(18)23/h4-8,10,18-19H,9,24H2,1-3H3/t10-,18-,19+/m0/s1. The average Bonchev–Trinajstić information content (AvgIpc) is 2.83. The van der Waals surface area contributed by atoms with Crippen LogP contribution in [-0.4, -0.2) is 42.0 Å². The summed E-state index contributed by atoms with van der Waals surface area (Å²) in [6.45, 7) is 4.94. The fourth-order valence-corrected chi connectivity index (χ4v) is 4.88.